The van der Waals surface area contributed by atoms with Crippen LogP contribution >= 0.6 is 0 Å². The van der Waals surface area contributed by atoms with Gasteiger partial charge < -0.3 is 9.47 Å². The Kier molecular flexibility index (Phi) is 8.05. The lowest BCUT2D eigenvalue weighted by Gasteiger charge is -2.35. The Morgan fingerprint density at radius 3 is 2.21 bits per heavy atom. The maximum atomic E-state index is 12.0. The van der Waals surface area contributed by atoms with Crippen LogP contribution < -0.4 is 9.47 Å². The number of carbonyl (C=O) groups is 1. The molecular weight excluding hydrogens is 474 g/mol. The molecule has 0 bridgehead atoms. The molecule has 1 amide bonds. The summed E-state index contributed by atoms with van der Waals surface area (Å²) < 4.78 is 11.8. The van der Waals surface area contributed by atoms with E-state index < -0.39 is 0 Å². The van der Waals surface area contributed by atoms with Crippen LogP contribution in [0.25, 0.3) is 0 Å². The number of hydrogen-bond acceptors (Lipinski definition) is 4. The predicted octanol–water partition coefficient (Wildman–Crippen LogP) is 6.53. The van der Waals surface area contributed by atoms with Crippen LogP contribution in [0.4, 0.5) is 0 Å². The molecule has 5 heteroatoms. The normalized spacial score (nSPS) is 16.4. The van der Waals surface area contributed by atoms with E-state index in [0.29, 0.717) is 18.3 Å². The molecule has 4 aromatic rings. The Hall–Kier alpha value is -4.09. The standard InChI is InChI=1S/C33H33NO4/c1-34(36-2)32(35)23-38-28-16-13-26(14-17-28)33-30(25-11-7-4-8-12-25)19-15-27-21-29(18-20-31(27)33)37-22-24-9-5-3-6-10-24/h3-14,16-18,20-21,30,33H,15,19,22-23H2,1-2H3/t30-,33+/m1/s1. The van der Waals surface area contributed by atoms with Crippen LogP contribution in [0.5, 0.6) is 11.5 Å². The Labute approximate surface area is 224 Å². The number of hydroxylamine groups is 2. The molecule has 0 saturated heterocycles. The summed E-state index contributed by atoms with van der Waals surface area (Å²) >= 11 is 0. The van der Waals surface area contributed by atoms with Crippen LogP contribution in [0.15, 0.2) is 103 Å². The number of carbonyl (C=O) groups excluding carboxylic acids is 1. The number of rotatable bonds is 9. The van der Waals surface area contributed by atoms with E-state index in [1.54, 1.807) is 7.05 Å². The van der Waals surface area contributed by atoms with Crippen LogP contribution in [0.1, 0.15) is 46.1 Å². The summed E-state index contributed by atoms with van der Waals surface area (Å²) in [6, 6.07) is 35.7. The molecular formula is C33H33NO4. The third-order valence-electron chi connectivity index (χ3n) is 7.28. The number of nitrogens with zero attached hydrogens (tertiary/aromatic N) is 1. The predicted molar refractivity (Wildman–Crippen MR) is 148 cm³/mol. The number of benzene rings is 4. The zero-order chi connectivity index (χ0) is 26.3. The second kappa shape index (κ2) is 12.0. The van der Waals surface area contributed by atoms with E-state index in [0.717, 1.165) is 29.2 Å². The minimum atomic E-state index is -0.243. The van der Waals surface area contributed by atoms with Crippen molar-refractivity contribution in [2.75, 3.05) is 20.8 Å². The molecule has 0 fully saturated rings. The van der Waals surface area contributed by atoms with Gasteiger partial charge in [0, 0.05) is 13.0 Å². The molecule has 38 heavy (non-hydrogen) atoms. The third-order valence-corrected chi connectivity index (χ3v) is 7.28. The lowest BCUT2D eigenvalue weighted by atomic mass is 9.69. The van der Waals surface area contributed by atoms with E-state index >= 15 is 0 Å². The number of ether oxygens (including phenoxy) is 2. The van der Waals surface area contributed by atoms with Gasteiger partial charge >= 0.3 is 0 Å². The Morgan fingerprint density at radius 1 is 0.816 bits per heavy atom. The molecule has 0 heterocycles. The van der Waals surface area contributed by atoms with Gasteiger partial charge in [0.25, 0.3) is 5.91 Å². The van der Waals surface area contributed by atoms with Crippen molar-refractivity contribution in [3.63, 3.8) is 0 Å². The second-order valence-electron chi connectivity index (χ2n) is 9.60. The van der Waals surface area contributed by atoms with Crippen molar-refractivity contribution in [1.29, 1.82) is 0 Å². The number of amides is 1. The first-order valence-corrected chi connectivity index (χ1v) is 13.0. The third kappa shape index (κ3) is 5.90. The average molecular weight is 508 g/mol. The first kappa shape index (κ1) is 25.6. The highest BCUT2D eigenvalue weighted by Crippen LogP contribution is 2.47. The van der Waals surface area contributed by atoms with Gasteiger partial charge in [0.15, 0.2) is 6.61 Å². The molecule has 4 aromatic carbocycles. The first-order chi connectivity index (χ1) is 18.6. The van der Waals surface area contributed by atoms with Gasteiger partial charge in [-0.15, -0.1) is 0 Å². The smallest absolute Gasteiger partial charge is 0.283 e. The maximum Gasteiger partial charge on any atom is 0.283 e. The van der Waals surface area contributed by atoms with Crippen molar-refractivity contribution >= 4 is 5.91 Å². The van der Waals surface area contributed by atoms with E-state index in [1.165, 1.54) is 29.4 Å². The first-order valence-electron chi connectivity index (χ1n) is 13.0. The summed E-state index contributed by atoms with van der Waals surface area (Å²) in [4.78, 5) is 16.9. The molecule has 1 aliphatic rings. The van der Waals surface area contributed by atoms with Crippen LogP contribution in [0, 0.1) is 0 Å². The largest absolute Gasteiger partial charge is 0.489 e. The molecule has 5 rings (SSSR count). The van der Waals surface area contributed by atoms with Crippen molar-refractivity contribution in [3.8, 4) is 11.5 Å². The van der Waals surface area contributed by atoms with Crippen LogP contribution in [-0.4, -0.2) is 31.7 Å². The zero-order valence-corrected chi connectivity index (χ0v) is 21.9. The molecule has 0 radical (unpaired) electrons. The quantitative estimate of drug-likeness (QED) is 0.242. The Bertz CT molecular complexity index is 1340. The summed E-state index contributed by atoms with van der Waals surface area (Å²) in [5.74, 6) is 1.89. The van der Waals surface area contributed by atoms with Crippen LogP contribution in [0.2, 0.25) is 0 Å². The van der Waals surface area contributed by atoms with Gasteiger partial charge in [0.1, 0.15) is 18.1 Å². The maximum absolute atomic E-state index is 12.0. The molecule has 0 N–H and O–H groups in total. The molecule has 0 aliphatic heterocycles. The van der Waals surface area contributed by atoms with Crippen LogP contribution in [-0.2, 0) is 22.7 Å². The minimum absolute atomic E-state index is 0.0751. The molecule has 5 nitrogen and oxygen atoms in total. The minimum Gasteiger partial charge on any atom is -0.489 e. The van der Waals surface area contributed by atoms with E-state index in [-0.39, 0.29) is 18.4 Å². The number of aryl methyl sites for hydroxylation is 1. The highest BCUT2D eigenvalue weighted by atomic mass is 16.7. The number of hydrogen-bond donors (Lipinski definition) is 0. The van der Waals surface area contributed by atoms with Gasteiger partial charge in [-0.1, -0.05) is 78.9 Å². The highest BCUT2D eigenvalue weighted by molar-refractivity contribution is 5.76. The molecule has 1 aliphatic carbocycles. The monoisotopic (exact) mass is 507 g/mol. The van der Waals surface area contributed by atoms with E-state index in [2.05, 4.69) is 72.8 Å². The van der Waals surface area contributed by atoms with Gasteiger partial charge in [-0.2, -0.15) is 0 Å². The van der Waals surface area contributed by atoms with Crippen molar-refractivity contribution in [3.05, 3.63) is 131 Å². The molecule has 2 atom stereocenters. The van der Waals surface area contributed by atoms with Crippen molar-refractivity contribution in [2.24, 2.45) is 0 Å². The highest BCUT2D eigenvalue weighted by Gasteiger charge is 2.32. The van der Waals surface area contributed by atoms with Gasteiger partial charge in [-0.05, 0) is 70.8 Å². The van der Waals surface area contributed by atoms with Crippen LogP contribution in [0.3, 0.4) is 0 Å². The molecule has 194 valence electrons. The Morgan fingerprint density at radius 2 is 1.50 bits per heavy atom. The summed E-state index contributed by atoms with van der Waals surface area (Å²) in [6.07, 6.45) is 2.06. The Balaban J connectivity index is 1.39. The number of fused-ring (bicyclic) bond motifs is 1. The molecule has 0 unspecified atom stereocenters. The molecule has 0 saturated carbocycles. The van der Waals surface area contributed by atoms with Gasteiger partial charge in [-0.25, -0.2) is 5.06 Å². The van der Waals surface area contributed by atoms with E-state index in [9.17, 15) is 4.79 Å². The summed E-state index contributed by atoms with van der Waals surface area (Å²) in [7, 11) is 3.02. The van der Waals surface area contributed by atoms with Crippen molar-refractivity contribution < 1.29 is 19.1 Å². The van der Waals surface area contributed by atoms with Crippen molar-refractivity contribution in [2.45, 2.75) is 31.3 Å². The van der Waals surface area contributed by atoms with Crippen molar-refractivity contribution in [1.82, 2.24) is 5.06 Å². The lowest BCUT2D eigenvalue weighted by Crippen LogP contribution is -2.30. The average Bonchev–Trinajstić information content (AvgIpc) is 2.99. The van der Waals surface area contributed by atoms with Gasteiger partial charge in [0.2, 0.25) is 0 Å². The molecule has 0 spiro atoms. The summed E-state index contributed by atoms with van der Waals surface area (Å²) in [6.45, 7) is 0.480. The SMILES string of the molecule is CON(C)C(=O)COc1ccc([C@@H]2c3ccc(OCc4ccccc4)cc3CC[C@@H]2c2ccccc2)cc1. The molecule has 0 aromatic heterocycles. The second-order valence-corrected chi connectivity index (χ2v) is 9.60. The zero-order valence-electron chi connectivity index (χ0n) is 21.9. The fraction of sp³-hybridized carbons (Fsp3) is 0.242. The number of likely N-dealkylation sites (N-methyl/N-ethyl adjacent to an activating group) is 1. The summed E-state index contributed by atoms with van der Waals surface area (Å²) in [5, 5.41) is 1.16. The van der Waals surface area contributed by atoms with Gasteiger partial charge in [-0.3, -0.25) is 9.63 Å². The fourth-order valence-electron chi connectivity index (χ4n) is 5.21. The fourth-order valence-corrected chi connectivity index (χ4v) is 5.21. The topological polar surface area (TPSA) is 48.0 Å². The van der Waals surface area contributed by atoms with E-state index in [4.69, 9.17) is 14.3 Å². The van der Waals surface area contributed by atoms with E-state index in [1.807, 2.05) is 30.3 Å². The van der Waals surface area contributed by atoms with Gasteiger partial charge in [0.05, 0.1) is 7.11 Å². The lowest BCUT2D eigenvalue weighted by molar-refractivity contribution is -0.170. The summed E-state index contributed by atoms with van der Waals surface area (Å²) in [5.41, 5.74) is 6.40.